The van der Waals surface area contributed by atoms with Crippen LogP contribution >= 0.6 is 0 Å². The number of amides is 3. The molecule has 40 heavy (non-hydrogen) atoms. The molecule has 1 saturated heterocycles. The second-order valence-electron chi connectivity index (χ2n) is 10.6. The first-order chi connectivity index (χ1) is 19.0. The summed E-state index contributed by atoms with van der Waals surface area (Å²) >= 11 is 0. The molecule has 12 heteroatoms. The highest BCUT2D eigenvalue weighted by molar-refractivity contribution is 5.94. The Morgan fingerprint density at radius 3 is 2.48 bits per heavy atom. The molecule has 6 N–H and O–H groups in total. The molecular formula is C28H45FN4O7. The molecule has 2 rings (SSSR count). The normalized spacial score (nSPS) is 22.5. The smallest absolute Gasteiger partial charge is 0.256 e. The van der Waals surface area contributed by atoms with Gasteiger partial charge < -0.3 is 41.0 Å². The van der Waals surface area contributed by atoms with Crippen molar-refractivity contribution in [2.75, 3.05) is 46.0 Å². The summed E-state index contributed by atoms with van der Waals surface area (Å²) in [5, 5.41) is 21.6. The molecular weight excluding hydrogens is 523 g/mol. The number of rotatable bonds is 9. The van der Waals surface area contributed by atoms with Crippen LogP contribution in [0.1, 0.15) is 56.3 Å². The molecule has 1 aromatic rings. The van der Waals surface area contributed by atoms with Gasteiger partial charge in [0.15, 0.2) is 0 Å². The van der Waals surface area contributed by atoms with Gasteiger partial charge in [-0.15, -0.1) is 0 Å². The summed E-state index contributed by atoms with van der Waals surface area (Å²) in [6.45, 7) is 4.83. The Bertz CT molecular complexity index is 951. The third-order valence-corrected chi connectivity index (χ3v) is 6.88. The fraction of sp³-hybridized carbons (Fsp3) is 0.679. The van der Waals surface area contributed by atoms with Crippen LogP contribution in [-0.4, -0.2) is 108 Å². The number of ether oxygens (including phenoxy) is 2. The van der Waals surface area contributed by atoms with Crippen LogP contribution in [0.25, 0.3) is 0 Å². The number of carbonyl (C=O) groups is 3. The topological polar surface area (TPSA) is 169 Å². The summed E-state index contributed by atoms with van der Waals surface area (Å²) in [5.74, 6) is -1.97. The summed E-state index contributed by atoms with van der Waals surface area (Å²) in [6, 6.07) is 4.62. The maximum Gasteiger partial charge on any atom is 0.256 e. The molecule has 4 atom stereocenters. The van der Waals surface area contributed by atoms with Gasteiger partial charge in [0.05, 0.1) is 18.2 Å². The van der Waals surface area contributed by atoms with Crippen LogP contribution in [0.15, 0.2) is 24.3 Å². The van der Waals surface area contributed by atoms with Gasteiger partial charge in [-0.25, -0.2) is 4.39 Å². The van der Waals surface area contributed by atoms with Crippen molar-refractivity contribution in [2.45, 2.75) is 70.3 Å². The zero-order valence-corrected chi connectivity index (χ0v) is 23.5. The van der Waals surface area contributed by atoms with Gasteiger partial charge in [-0.05, 0) is 43.7 Å². The highest BCUT2D eigenvalue weighted by Gasteiger charge is 2.32. The Morgan fingerprint density at radius 1 is 1.10 bits per heavy atom. The molecule has 1 heterocycles. The second-order valence-corrected chi connectivity index (χ2v) is 10.6. The summed E-state index contributed by atoms with van der Waals surface area (Å²) in [5.41, 5.74) is 10.8. The number of aliphatic hydroxyl groups is 2. The van der Waals surface area contributed by atoms with E-state index < -0.39 is 42.0 Å². The van der Waals surface area contributed by atoms with E-state index in [0.29, 0.717) is 38.3 Å². The van der Waals surface area contributed by atoms with Crippen molar-refractivity contribution in [1.29, 1.82) is 0 Å². The number of nitrogens with two attached hydrogens (primary N) is 2. The molecule has 0 unspecified atom stereocenters. The summed E-state index contributed by atoms with van der Waals surface area (Å²) in [4.78, 5) is 40.8. The average Bonchev–Trinajstić information content (AvgIpc) is 2.91. The first kappa shape index (κ1) is 33.6. The molecule has 1 aromatic carbocycles. The fourth-order valence-corrected chi connectivity index (χ4v) is 4.25. The highest BCUT2D eigenvalue weighted by Crippen LogP contribution is 2.16. The lowest BCUT2D eigenvalue weighted by molar-refractivity contribution is -0.132. The number of halogens is 1. The number of hydrogen-bond donors (Lipinski definition) is 4. The van der Waals surface area contributed by atoms with E-state index in [1.54, 1.807) is 11.0 Å². The van der Waals surface area contributed by atoms with Crippen LogP contribution in [0, 0.1) is 11.7 Å². The number of carbonyl (C=O) groups excluding carboxylic acids is 3. The van der Waals surface area contributed by atoms with Crippen molar-refractivity contribution in [3.05, 3.63) is 35.6 Å². The first-order valence-electron chi connectivity index (χ1n) is 13.9. The number of aliphatic hydroxyl groups excluding tert-OH is 2. The van der Waals surface area contributed by atoms with Crippen LogP contribution in [0.4, 0.5) is 4.39 Å². The molecule has 1 fully saturated rings. The van der Waals surface area contributed by atoms with E-state index in [0.717, 1.165) is 0 Å². The number of nitrogens with zero attached hydrogens (tertiary/aromatic N) is 2. The van der Waals surface area contributed by atoms with Crippen LogP contribution in [0.3, 0.4) is 0 Å². The van der Waals surface area contributed by atoms with Crippen molar-refractivity contribution >= 4 is 17.7 Å². The van der Waals surface area contributed by atoms with Gasteiger partial charge in [-0.2, -0.15) is 0 Å². The van der Waals surface area contributed by atoms with Crippen molar-refractivity contribution in [1.82, 2.24) is 9.80 Å². The first-order valence-corrected chi connectivity index (χ1v) is 13.9. The Morgan fingerprint density at radius 2 is 1.80 bits per heavy atom. The van der Waals surface area contributed by atoms with Crippen LogP contribution < -0.4 is 11.5 Å². The molecule has 0 radical (unpaired) electrons. The predicted octanol–water partition coefficient (Wildman–Crippen LogP) is 0.653. The van der Waals surface area contributed by atoms with Crippen LogP contribution in [0.5, 0.6) is 0 Å². The predicted molar refractivity (Wildman–Crippen MR) is 147 cm³/mol. The van der Waals surface area contributed by atoms with Crippen molar-refractivity contribution in [2.24, 2.45) is 17.4 Å². The Kier molecular flexibility index (Phi) is 14.5. The van der Waals surface area contributed by atoms with Gasteiger partial charge in [0.25, 0.3) is 5.91 Å². The molecule has 1 aliphatic rings. The molecule has 0 bridgehead atoms. The Labute approximate surface area is 235 Å². The van der Waals surface area contributed by atoms with Gasteiger partial charge in [-0.3, -0.25) is 14.4 Å². The number of hydrogen-bond acceptors (Lipinski definition) is 8. The molecule has 11 nitrogen and oxygen atoms in total. The molecule has 0 aromatic heterocycles. The third kappa shape index (κ3) is 11.1. The quantitative estimate of drug-likeness (QED) is 0.337. The number of benzene rings is 1. The molecule has 0 saturated carbocycles. The molecule has 0 spiro atoms. The summed E-state index contributed by atoms with van der Waals surface area (Å²) in [7, 11) is 0. The van der Waals surface area contributed by atoms with E-state index >= 15 is 0 Å². The fourth-order valence-electron chi connectivity index (χ4n) is 4.25. The maximum absolute atomic E-state index is 14.6. The van der Waals surface area contributed by atoms with Gasteiger partial charge in [0, 0.05) is 45.8 Å². The third-order valence-electron chi connectivity index (χ3n) is 6.88. The van der Waals surface area contributed by atoms with Crippen LogP contribution in [-0.2, 0) is 19.1 Å². The SMILES string of the molecule is CC(C)CCO[C@@H]1CN(C(=O)c2ccccc2F)CCN(C(=O)CC[C@H](N)C(N)=O)CCCCOC[C@@H](O)[C@H]1O. The van der Waals surface area contributed by atoms with Gasteiger partial charge in [0.2, 0.25) is 11.8 Å². The average molecular weight is 569 g/mol. The van der Waals surface area contributed by atoms with Gasteiger partial charge in [-0.1, -0.05) is 26.0 Å². The zero-order valence-electron chi connectivity index (χ0n) is 23.5. The van der Waals surface area contributed by atoms with Crippen LogP contribution in [0.2, 0.25) is 0 Å². The molecule has 0 aliphatic carbocycles. The lowest BCUT2D eigenvalue weighted by Gasteiger charge is -2.34. The summed E-state index contributed by atoms with van der Waals surface area (Å²) in [6.07, 6.45) is -1.70. The zero-order chi connectivity index (χ0) is 29.7. The van der Waals surface area contributed by atoms with Crippen molar-refractivity contribution in [3.63, 3.8) is 0 Å². The molecule has 226 valence electrons. The highest BCUT2D eigenvalue weighted by atomic mass is 19.1. The largest absolute Gasteiger partial charge is 0.388 e. The van der Waals surface area contributed by atoms with Gasteiger partial charge >= 0.3 is 0 Å². The van der Waals surface area contributed by atoms with E-state index in [-0.39, 0.29) is 57.2 Å². The second kappa shape index (κ2) is 17.2. The van der Waals surface area contributed by atoms with Crippen molar-refractivity contribution in [3.8, 4) is 0 Å². The van der Waals surface area contributed by atoms with E-state index in [2.05, 4.69) is 0 Å². The van der Waals surface area contributed by atoms with Gasteiger partial charge in [0.1, 0.15) is 24.1 Å². The number of primary amides is 1. The molecule has 3 amide bonds. The lowest BCUT2D eigenvalue weighted by Crippen LogP contribution is -2.51. The Balaban J connectivity index is 2.33. The molecule has 1 aliphatic heterocycles. The standard InChI is InChI=1S/C28H45FN4O7/c1-19(2)11-16-40-24-17-33(28(38)20-7-3-4-8-21(20)29)14-13-32(25(35)10-9-22(30)27(31)37)12-5-6-15-39-18-23(34)26(24)36/h3-4,7-8,19,22-24,26,34,36H,5-6,9-18,30H2,1-2H3,(H2,31,37)/t22-,23+,24+,26+/m0/s1. The van der Waals surface area contributed by atoms with E-state index in [9.17, 15) is 29.0 Å². The van der Waals surface area contributed by atoms with E-state index in [1.165, 1.54) is 23.1 Å². The minimum Gasteiger partial charge on any atom is -0.388 e. The van der Waals surface area contributed by atoms with Crippen molar-refractivity contribution < 1.29 is 38.5 Å². The Hall–Kier alpha value is -2.64. The monoisotopic (exact) mass is 568 g/mol. The summed E-state index contributed by atoms with van der Waals surface area (Å²) < 4.78 is 26.1. The van der Waals surface area contributed by atoms with E-state index in [1.807, 2.05) is 13.8 Å². The lowest BCUT2D eigenvalue weighted by atomic mass is 10.1. The van der Waals surface area contributed by atoms with E-state index in [4.69, 9.17) is 20.9 Å². The minimum absolute atomic E-state index is 0.00624. The minimum atomic E-state index is -1.38. The maximum atomic E-state index is 14.6.